The van der Waals surface area contributed by atoms with Crippen LogP contribution in [0, 0.1) is 0 Å². The van der Waals surface area contributed by atoms with Gasteiger partial charge in [-0.05, 0) is 54.2 Å². The SMILES string of the molecule is CC/C(=C/c1ccc(-c2cccc(N(C)C(=O)NC3CCCCC3)c2)cc1)C(=O)O. The number of carboxylic acid groups (broad SMARTS) is 1. The average molecular weight is 407 g/mol. The highest BCUT2D eigenvalue weighted by Gasteiger charge is 2.18. The zero-order valence-electron chi connectivity index (χ0n) is 17.7. The van der Waals surface area contributed by atoms with Gasteiger partial charge < -0.3 is 10.4 Å². The molecule has 0 bridgehead atoms. The normalized spacial score (nSPS) is 14.9. The van der Waals surface area contributed by atoms with Crippen molar-refractivity contribution < 1.29 is 14.7 Å². The first-order valence-corrected chi connectivity index (χ1v) is 10.7. The molecule has 0 aromatic heterocycles. The third-order valence-corrected chi connectivity index (χ3v) is 5.71. The molecule has 3 rings (SSSR count). The van der Waals surface area contributed by atoms with Crippen LogP contribution in [0.1, 0.15) is 51.0 Å². The van der Waals surface area contributed by atoms with Crippen molar-refractivity contribution in [1.29, 1.82) is 0 Å². The summed E-state index contributed by atoms with van der Waals surface area (Å²) in [6.07, 6.45) is 7.92. The second-order valence-electron chi connectivity index (χ2n) is 7.84. The Labute approximate surface area is 178 Å². The summed E-state index contributed by atoms with van der Waals surface area (Å²) in [4.78, 5) is 25.5. The van der Waals surface area contributed by atoms with Crippen LogP contribution in [0.2, 0.25) is 0 Å². The summed E-state index contributed by atoms with van der Waals surface area (Å²) >= 11 is 0. The molecule has 2 amide bonds. The molecule has 2 aromatic carbocycles. The van der Waals surface area contributed by atoms with Gasteiger partial charge in [-0.3, -0.25) is 4.90 Å². The van der Waals surface area contributed by atoms with E-state index in [0.29, 0.717) is 12.0 Å². The molecule has 0 atom stereocenters. The van der Waals surface area contributed by atoms with Crippen LogP contribution in [0.3, 0.4) is 0 Å². The number of carboxylic acids is 1. The third-order valence-electron chi connectivity index (χ3n) is 5.71. The molecule has 1 fully saturated rings. The average Bonchev–Trinajstić information content (AvgIpc) is 2.78. The molecule has 0 unspecified atom stereocenters. The van der Waals surface area contributed by atoms with E-state index in [1.165, 1.54) is 19.3 Å². The first-order valence-electron chi connectivity index (χ1n) is 10.7. The predicted molar refractivity (Wildman–Crippen MR) is 122 cm³/mol. The van der Waals surface area contributed by atoms with Gasteiger partial charge in [-0.25, -0.2) is 9.59 Å². The number of benzene rings is 2. The number of hydrogen-bond acceptors (Lipinski definition) is 2. The van der Waals surface area contributed by atoms with E-state index >= 15 is 0 Å². The van der Waals surface area contributed by atoms with Gasteiger partial charge in [0.25, 0.3) is 0 Å². The molecule has 30 heavy (non-hydrogen) atoms. The van der Waals surface area contributed by atoms with E-state index < -0.39 is 5.97 Å². The van der Waals surface area contributed by atoms with Gasteiger partial charge in [0, 0.05) is 24.4 Å². The van der Waals surface area contributed by atoms with Crippen molar-refractivity contribution in [3.63, 3.8) is 0 Å². The van der Waals surface area contributed by atoms with Gasteiger partial charge in [0.15, 0.2) is 0 Å². The molecule has 5 nitrogen and oxygen atoms in total. The Morgan fingerprint density at radius 3 is 2.40 bits per heavy atom. The molecule has 0 spiro atoms. The van der Waals surface area contributed by atoms with Crippen molar-refractivity contribution in [3.8, 4) is 11.1 Å². The highest BCUT2D eigenvalue weighted by molar-refractivity contribution is 5.93. The Morgan fingerprint density at radius 2 is 1.77 bits per heavy atom. The molecule has 5 heteroatoms. The summed E-state index contributed by atoms with van der Waals surface area (Å²) in [5, 5.41) is 12.3. The van der Waals surface area contributed by atoms with E-state index in [2.05, 4.69) is 5.32 Å². The summed E-state index contributed by atoms with van der Waals surface area (Å²) in [7, 11) is 1.79. The fourth-order valence-electron chi connectivity index (χ4n) is 3.82. The number of carbonyl (C=O) groups excluding carboxylic acids is 1. The summed E-state index contributed by atoms with van der Waals surface area (Å²) < 4.78 is 0. The van der Waals surface area contributed by atoms with E-state index in [9.17, 15) is 14.7 Å². The minimum atomic E-state index is -0.885. The molecule has 158 valence electrons. The van der Waals surface area contributed by atoms with Crippen molar-refractivity contribution >= 4 is 23.8 Å². The van der Waals surface area contributed by atoms with Crippen LogP contribution in [-0.2, 0) is 4.79 Å². The molecule has 2 aromatic rings. The number of anilines is 1. The first-order chi connectivity index (χ1) is 14.5. The largest absolute Gasteiger partial charge is 0.478 e. The van der Waals surface area contributed by atoms with Crippen molar-refractivity contribution in [2.45, 2.75) is 51.5 Å². The number of carbonyl (C=O) groups is 2. The molecule has 0 aliphatic heterocycles. The Hall–Kier alpha value is -3.08. The molecule has 0 saturated heterocycles. The molecule has 0 radical (unpaired) electrons. The molecule has 1 saturated carbocycles. The minimum Gasteiger partial charge on any atom is -0.478 e. The van der Waals surface area contributed by atoms with Crippen LogP contribution in [-0.4, -0.2) is 30.2 Å². The van der Waals surface area contributed by atoms with E-state index in [-0.39, 0.29) is 12.1 Å². The molecule has 2 N–H and O–H groups in total. The monoisotopic (exact) mass is 406 g/mol. The fraction of sp³-hybridized carbons (Fsp3) is 0.360. The van der Waals surface area contributed by atoms with Gasteiger partial charge in [0.1, 0.15) is 0 Å². The summed E-state index contributed by atoms with van der Waals surface area (Å²) in [6, 6.07) is 15.9. The zero-order chi connectivity index (χ0) is 21.5. The lowest BCUT2D eigenvalue weighted by molar-refractivity contribution is -0.132. The van der Waals surface area contributed by atoms with Crippen LogP contribution in [0.4, 0.5) is 10.5 Å². The minimum absolute atomic E-state index is 0.0692. The van der Waals surface area contributed by atoms with Crippen molar-refractivity contribution in [2.75, 3.05) is 11.9 Å². The van der Waals surface area contributed by atoms with E-state index in [1.54, 1.807) is 18.0 Å². The number of nitrogens with one attached hydrogen (secondary N) is 1. The Morgan fingerprint density at radius 1 is 1.07 bits per heavy atom. The molecule has 1 aliphatic rings. The maximum Gasteiger partial charge on any atom is 0.331 e. The smallest absolute Gasteiger partial charge is 0.331 e. The number of nitrogens with zero attached hydrogens (tertiary/aromatic N) is 1. The van der Waals surface area contributed by atoms with Gasteiger partial charge in [-0.1, -0.05) is 62.6 Å². The van der Waals surface area contributed by atoms with Crippen molar-refractivity contribution in [3.05, 3.63) is 59.7 Å². The Bertz CT molecular complexity index is 912. The first kappa shape index (κ1) is 21.6. The van der Waals surface area contributed by atoms with E-state index in [1.807, 2.05) is 55.5 Å². The number of aliphatic carboxylic acids is 1. The Kier molecular flexibility index (Phi) is 7.28. The van der Waals surface area contributed by atoms with Crippen LogP contribution >= 0.6 is 0 Å². The summed E-state index contributed by atoms with van der Waals surface area (Å²) in [6.45, 7) is 1.83. The lowest BCUT2D eigenvalue weighted by Crippen LogP contribution is -2.43. The second-order valence-corrected chi connectivity index (χ2v) is 7.84. The van der Waals surface area contributed by atoms with E-state index in [0.717, 1.165) is 35.2 Å². The topological polar surface area (TPSA) is 69.6 Å². The van der Waals surface area contributed by atoms with E-state index in [4.69, 9.17) is 0 Å². The second kappa shape index (κ2) is 10.1. The van der Waals surface area contributed by atoms with Crippen LogP contribution in [0.5, 0.6) is 0 Å². The molecule has 1 aliphatic carbocycles. The lowest BCUT2D eigenvalue weighted by atomic mass is 9.96. The third kappa shape index (κ3) is 5.50. The number of amides is 2. The molecule has 0 heterocycles. The standard InChI is InChI=1S/C25H30N2O3/c1-3-19(24(28)29)16-18-12-14-20(15-13-18)21-8-7-11-23(17-21)27(2)25(30)26-22-9-5-4-6-10-22/h7-8,11-17,22H,3-6,9-10H2,1-2H3,(H,26,30)(H,28,29)/b19-16-. The predicted octanol–water partition coefficient (Wildman–Crippen LogP) is 5.71. The van der Waals surface area contributed by atoms with Crippen molar-refractivity contribution in [2.24, 2.45) is 0 Å². The lowest BCUT2D eigenvalue weighted by Gasteiger charge is -2.26. The maximum absolute atomic E-state index is 12.7. The Balaban J connectivity index is 1.73. The number of urea groups is 1. The number of rotatable bonds is 6. The highest BCUT2D eigenvalue weighted by Crippen LogP contribution is 2.26. The number of hydrogen-bond donors (Lipinski definition) is 2. The van der Waals surface area contributed by atoms with Gasteiger partial charge in [0.2, 0.25) is 0 Å². The van der Waals surface area contributed by atoms with Crippen LogP contribution < -0.4 is 10.2 Å². The van der Waals surface area contributed by atoms with Gasteiger partial charge in [-0.15, -0.1) is 0 Å². The molecular weight excluding hydrogens is 376 g/mol. The van der Waals surface area contributed by atoms with Crippen LogP contribution in [0.25, 0.3) is 17.2 Å². The highest BCUT2D eigenvalue weighted by atomic mass is 16.4. The maximum atomic E-state index is 12.7. The van der Waals surface area contributed by atoms with Gasteiger partial charge in [-0.2, -0.15) is 0 Å². The van der Waals surface area contributed by atoms with Crippen LogP contribution in [0.15, 0.2) is 54.1 Å². The fourth-order valence-corrected chi connectivity index (χ4v) is 3.82. The summed E-state index contributed by atoms with van der Waals surface area (Å²) in [5.41, 5.74) is 4.11. The molecular formula is C25H30N2O3. The summed E-state index contributed by atoms with van der Waals surface area (Å²) in [5.74, 6) is -0.885. The van der Waals surface area contributed by atoms with Crippen molar-refractivity contribution in [1.82, 2.24) is 5.32 Å². The van der Waals surface area contributed by atoms with Gasteiger partial charge in [0.05, 0.1) is 0 Å². The van der Waals surface area contributed by atoms with Gasteiger partial charge >= 0.3 is 12.0 Å². The quantitative estimate of drug-likeness (QED) is 0.604. The zero-order valence-corrected chi connectivity index (χ0v) is 17.7.